The van der Waals surface area contributed by atoms with Crippen LogP contribution in [0.4, 0.5) is 0 Å². The predicted molar refractivity (Wildman–Crippen MR) is 167 cm³/mol. The molecule has 0 fully saturated rings. The van der Waals surface area contributed by atoms with Crippen LogP contribution in [0.5, 0.6) is 0 Å². The Morgan fingerprint density at radius 2 is 2.00 bits per heavy atom. The Morgan fingerprint density at radius 3 is 2.67 bits per heavy atom. The third-order valence-corrected chi connectivity index (χ3v) is 9.42. The second kappa shape index (κ2) is 12.9. The molecule has 5 rings (SSSR count). The number of rotatable bonds is 9. The topological polar surface area (TPSA) is 99.6 Å². The van der Waals surface area contributed by atoms with Gasteiger partial charge < -0.3 is 9.15 Å². The maximum Gasteiger partial charge on any atom is 0.338 e. The summed E-state index contributed by atoms with van der Waals surface area (Å²) in [5.74, 6) is 0.398. The van der Waals surface area contributed by atoms with Gasteiger partial charge in [0.15, 0.2) is 15.1 Å². The highest BCUT2D eigenvalue weighted by atomic mass is 79.9. The van der Waals surface area contributed by atoms with Crippen molar-refractivity contribution in [3.63, 3.8) is 0 Å². The molecule has 1 aliphatic heterocycles. The summed E-state index contributed by atoms with van der Waals surface area (Å²) < 4.78 is 14.4. The fourth-order valence-corrected chi connectivity index (χ4v) is 7.01. The van der Waals surface area contributed by atoms with Crippen molar-refractivity contribution in [3.8, 4) is 0 Å². The van der Waals surface area contributed by atoms with Crippen LogP contribution in [0.25, 0.3) is 6.08 Å². The van der Waals surface area contributed by atoms with Crippen LogP contribution in [-0.4, -0.2) is 27.1 Å². The molecule has 0 saturated carbocycles. The first kappa shape index (κ1) is 30.2. The number of nitrogens with zero attached hydrogens (tertiary/aromatic N) is 4. The molecular weight excluding hydrogens is 636 g/mol. The van der Waals surface area contributed by atoms with E-state index < -0.39 is 12.0 Å². The Morgan fingerprint density at radius 1 is 1.24 bits per heavy atom. The highest BCUT2D eigenvalue weighted by molar-refractivity contribution is 9.10. The number of hydrogen-bond acceptors (Lipinski definition) is 9. The number of carbonyl (C=O) groups is 1. The van der Waals surface area contributed by atoms with Crippen molar-refractivity contribution in [3.05, 3.63) is 101 Å². The van der Waals surface area contributed by atoms with Crippen molar-refractivity contribution in [2.75, 3.05) is 6.61 Å². The van der Waals surface area contributed by atoms with Gasteiger partial charge in [-0.05, 0) is 77.1 Å². The molecule has 1 aromatic carbocycles. The lowest BCUT2D eigenvalue weighted by molar-refractivity contribution is -0.139. The van der Waals surface area contributed by atoms with E-state index in [1.54, 1.807) is 23.8 Å². The molecular formula is C31H31BrN4O4S2. The molecule has 3 aromatic heterocycles. The normalized spacial score (nSPS) is 15.2. The van der Waals surface area contributed by atoms with Gasteiger partial charge in [-0.3, -0.25) is 9.36 Å². The van der Waals surface area contributed by atoms with Crippen LogP contribution in [0.1, 0.15) is 75.1 Å². The van der Waals surface area contributed by atoms with E-state index in [4.69, 9.17) is 14.1 Å². The van der Waals surface area contributed by atoms with Crippen molar-refractivity contribution in [1.29, 1.82) is 0 Å². The largest absolute Gasteiger partial charge is 0.463 e. The second-order valence-electron chi connectivity index (χ2n) is 10.1. The lowest BCUT2D eigenvalue weighted by Gasteiger charge is -2.26. The zero-order valence-corrected chi connectivity index (χ0v) is 27.2. The van der Waals surface area contributed by atoms with E-state index in [1.165, 1.54) is 28.7 Å². The molecule has 4 aromatic rings. The average Bonchev–Trinajstić information content (AvgIpc) is 3.45. The highest BCUT2D eigenvalue weighted by Crippen LogP contribution is 2.35. The van der Waals surface area contributed by atoms with Gasteiger partial charge >= 0.3 is 5.97 Å². The quantitative estimate of drug-likeness (QED) is 0.153. The van der Waals surface area contributed by atoms with E-state index in [0.717, 1.165) is 22.2 Å². The summed E-state index contributed by atoms with van der Waals surface area (Å²) in [4.78, 5) is 41.5. The monoisotopic (exact) mass is 666 g/mol. The first-order valence-electron chi connectivity index (χ1n) is 13.8. The van der Waals surface area contributed by atoms with Gasteiger partial charge in [0.05, 0.1) is 32.9 Å². The molecule has 4 heterocycles. The molecule has 0 unspecified atom stereocenters. The summed E-state index contributed by atoms with van der Waals surface area (Å²) in [6, 6.07) is 11.1. The van der Waals surface area contributed by atoms with Crippen molar-refractivity contribution in [2.45, 2.75) is 69.7 Å². The molecule has 0 saturated heterocycles. The number of carbonyl (C=O) groups excluding carboxylic acids is 1. The van der Waals surface area contributed by atoms with Crippen molar-refractivity contribution >= 4 is 51.1 Å². The number of halogens is 1. The maximum absolute atomic E-state index is 14.0. The Labute approximate surface area is 260 Å². The molecule has 0 bridgehead atoms. The molecule has 8 nitrogen and oxygen atoms in total. The SMILES string of the molecule is CCCC1=C(C(=O)OCC)[C@@H](c2ccc(C(C)C)cc2)n2c(s/c(=C/c3cc(Br)c(Sc4nccc(C)n4)o3)c2=O)=N1. The number of thiazole rings is 1. The van der Waals surface area contributed by atoms with Crippen molar-refractivity contribution in [1.82, 2.24) is 14.5 Å². The summed E-state index contributed by atoms with van der Waals surface area (Å²) in [7, 11) is 0. The molecule has 42 heavy (non-hydrogen) atoms. The molecule has 0 radical (unpaired) electrons. The highest BCUT2D eigenvalue weighted by Gasteiger charge is 2.34. The molecule has 0 spiro atoms. The minimum atomic E-state index is -0.655. The van der Waals surface area contributed by atoms with Crippen LogP contribution in [-0.2, 0) is 9.53 Å². The van der Waals surface area contributed by atoms with Gasteiger partial charge in [0.2, 0.25) is 0 Å². The van der Waals surface area contributed by atoms with E-state index >= 15 is 0 Å². The van der Waals surface area contributed by atoms with E-state index in [1.807, 2.05) is 38.1 Å². The minimum Gasteiger partial charge on any atom is -0.463 e. The predicted octanol–water partition coefficient (Wildman–Crippen LogP) is 6.31. The van der Waals surface area contributed by atoms with Crippen LogP contribution in [0, 0.1) is 6.92 Å². The van der Waals surface area contributed by atoms with Crippen molar-refractivity contribution in [2.24, 2.45) is 4.99 Å². The van der Waals surface area contributed by atoms with Gasteiger partial charge in [-0.25, -0.2) is 19.8 Å². The van der Waals surface area contributed by atoms with Gasteiger partial charge in [-0.1, -0.05) is 62.8 Å². The Kier molecular flexibility index (Phi) is 9.29. The van der Waals surface area contributed by atoms with Gasteiger partial charge in [0, 0.05) is 18.0 Å². The van der Waals surface area contributed by atoms with E-state index in [0.29, 0.717) is 49.0 Å². The fraction of sp³-hybridized carbons (Fsp3) is 0.323. The van der Waals surface area contributed by atoms with Crippen LogP contribution in [0.15, 0.2) is 82.8 Å². The summed E-state index contributed by atoms with van der Waals surface area (Å²) in [5, 5.41) is 1.15. The first-order valence-corrected chi connectivity index (χ1v) is 16.2. The summed E-state index contributed by atoms with van der Waals surface area (Å²) in [5.41, 5.74) is 3.67. The standard InChI is InChI=1S/C31H31BrN4O4S2/c1-6-8-23-25(28(38)39-7-2)26(20-11-9-19(10-12-20)17(3)4)36-27(37)24(41-31(36)35-23)16-21-15-22(32)29(40-21)42-30-33-14-13-18(5)34-30/h9-17,26H,6-8H2,1-5H3/b24-16+/t26-/m1/s1. The van der Waals surface area contributed by atoms with Gasteiger partial charge in [-0.15, -0.1) is 0 Å². The van der Waals surface area contributed by atoms with Crippen LogP contribution >= 0.6 is 39.0 Å². The molecule has 218 valence electrons. The van der Waals surface area contributed by atoms with Gasteiger partial charge in [0.25, 0.3) is 5.56 Å². The number of fused-ring (bicyclic) bond motifs is 1. The third-order valence-electron chi connectivity index (χ3n) is 6.72. The first-order chi connectivity index (χ1) is 20.2. The number of ether oxygens (including phenoxy) is 1. The molecule has 0 amide bonds. The zero-order chi connectivity index (χ0) is 30.0. The zero-order valence-electron chi connectivity index (χ0n) is 24.0. The average molecular weight is 668 g/mol. The van der Waals surface area contributed by atoms with E-state index in [2.05, 4.69) is 51.9 Å². The minimum absolute atomic E-state index is 0.229. The number of aryl methyl sites for hydroxylation is 1. The molecule has 11 heteroatoms. The molecule has 0 aliphatic carbocycles. The summed E-state index contributed by atoms with van der Waals surface area (Å²) in [6.45, 7) is 10.2. The molecule has 1 aliphatic rings. The molecule has 0 N–H and O–H groups in total. The van der Waals surface area contributed by atoms with Crippen molar-refractivity contribution < 1.29 is 13.9 Å². The summed E-state index contributed by atoms with van der Waals surface area (Å²) in [6.07, 6.45) is 4.79. The van der Waals surface area contributed by atoms with Crippen LogP contribution < -0.4 is 14.9 Å². The number of aromatic nitrogens is 3. The Bertz CT molecular complexity index is 1840. The lowest BCUT2D eigenvalue weighted by atomic mass is 9.92. The maximum atomic E-state index is 14.0. The number of furan rings is 1. The number of benzene rings is 1. The number of allylic oxidation sites excluding steroid dienone is 1. The van der Waals surface area contributed by atoms with Crippen LogP contribution in [0.2, 0.25) is 0 Å². The van der Waals surface area contributed by atoms with Gasteiger partial charge in [0.1, 0.15) is 5.76 Å². The Balaban J connectivity index is 1.63. The van der Waals surface area contributed by atoms with Crippen LogP contribution in [0.3, 0.4) is 0 Å². The number of hydrogen-bond donors (Lipinski definition) is 0. The number of esters is 1. The van der Waals surface area contributed by atoms with E-state index in [9.17, 15) is 9.59 Å². The second-order valence-corrected chi connectivity index (χ2v) is 12.9. The molecule has 1 atom stereocenters. The van der Waals surface area contributed by atoms with Gasteiger partial charge in [-0.2, -0.15) is 0 Å². The fourth-order valence-electron chi connectivity index (χ4n) is 4.70. The summed E-state index contributed by atoms with van der Waals surface area (Å²) >= 11 is 6.12. The van der Waals surface area contributed by atoms with E-state index in [-0.39, 0.29) is 12.2 Å². The third kappa shape index (κ3) is 6.23. The Hall–Kier alpha value is -3.28. The smallest absolute Gasteiger partial charge is 0.338 e. The lowest BCUT2D eigenvalue weighted by Crippen LogP contribution is -2.40.